The summed E-state index contributed by atoms with van der Waals surface area (Å²) in [5, 5.41) is 2.98. The van der Waals surface area contributed by atoms with E-state index < -0.39 is 18.0 Å². The van der Waals surface area contributed by atoms with Crippen LogP contribution in [0.1, 0.15) is 31.2 Å². The summed E-state index contributed by atoms with van der Waals surface area (Å²) in [6.45, 7) is 0. The van der Waals surface area contributed by atoms with Crippen LogP contribution in [0.25, 0.3) is 0 Å². The van der Waals surface area contributed by atoms with Crippen LogP contribution in [0.4, 0.5) is 17.6 Å². The van der Waals surface area contributed by atoms with Crippen LogP contribution in [0.2, 0.25) is 0 Å². The van der Waals surface area contributed by atoms with Gasteiger partial charge in [-0.3, -0.25) is 0 Å². The quantitative estimate of drug-likeness (QED) is 0.817. The van der Waals surface area contributed by atoms with Crippen LogP contribution in [-0.4, -0.2) is 19.3 Å². The molecule has 0 radical (unpaired) electrons. The summed E-state index contributed by atoms with van der Waals surface area (Å²) in [7, 11) is 1.66. The topological polar surface area (TPSA) is 12.0 Å². The van der Waals surface area contributed by atoms with E-state index in [2.05, 4.69) is 5.32 Å². The molecule has 1 aliphatic rings. The first-order valence-corrected chi connectivity index (χ1v) is 7.41. The fourth-order valence-corrected chi connectivity index (χ4v) is 3.42. The predicted molar refractivity (Wildman–Crippen MR) is 74.5 cm³/mol. The first-order chi connectivity index (χ1) is 9.93. The van der Waals surface area contributed by atoms with E-state index >= 15 is 0 Å². The second kappa shape index (κ2) is 6.77. The SMILES string of the molecule is CNC(Cc1ccccc1F)C1CCCCC1C(F)(F)F. The van der Waals surface area contributed by atoms with E-state index in [9.17, 15) is 17.6 Å². The molecule has 0 aromatic heterocycles. The maximum absolute atomic E-state index is 13.7. The third-order valence-corrected chi connectivity index (χ3v) is 4.53. The van der Waals surface area contributed by atoms with Gasteiger partial charge in [0, 0.05) is 6.04 Å². The average molecular weight is 303 g/mol. The van der Waals surface area contributed by atoms with Crippen molar-refractivity contribution in [3.05, 3.63) is 35.6 Å². The molecule has 0 bridgehead atoms. The van der Waals surface area contributed by atoms with Crippen LogP contribution in [-0.2, 0) is 6.42 Å². The van der Waals surface area contributed by atoms with Gasteiger partial charge in [-0.1, -0.05) is 31.0 Å². The summed E-state index contributed by atoms with van der Waals surface area (Å²) < 4.78 is 53.3. The number of alkyl halides is 3. The molecule has 1 aromatic rings. The van der Waals surface area contributed by atoms with Gasteiger partial charge in [-0.05, 0) is 43.9 Å². The standard InChI is InChI=1S/C16H21F4N/c1-21-15(10-11-6-2-5-9-14(11)17)12-7-3-4-8-13(12)16(18,19)20/h2,5-6,9,12-13,15,21H,3-4,7-8,10H2,1H3. The highest BCUT2D eigenvalue weighted by Crippen LogP contribution is 2.43. The maximum atomic E-state index is 13.7. The minimum absolute atomic E-state index is 0.184. The molecule has 0 amide bonds. The fraction of sp³-hybridized carbons (Fsp3) is 0.625. The van der Waals surface area contributed by atoms with Crippen LogP contribution < -0.4 is 5.32 Å². The molecule has 0 spiro atoms. The van der Waals surface area contributed by atoms with Crippen molar-refractivity contribution < 1.29 is 17.6 Å². The third-order valence-electron chi connectivity index (χ3n) is 4.53. The molecule has 0 saturated heterocycles. The summed E-state index contributed by atoms with van der Waals surface area (Å²) in [4.78, 5) is 0. The van der Waals surface area contributed by atoms with Gasteiger partial charge in [-0.15, -0.1) is 0 Å². The van der Waals surface area contributed by atoms with Crippen molar-refractivity contribution in [1.82, 2.24) is 5.32 Å². The van der Waals surface area contributed by atoms with Crippen LogP contribution in [0.5, 0.6) is 0 Å². The van der Waals surface area contributed by atoms with Crippen molar-refractivity contribution >= 4 is 0 Å². The summed E-state index contributed by atoms with van der Waals surface area (Å²) in [5.74, 6) is -2.11. The van der Waals surface area contributed by atoms with Crippen molar-refractivity contribution in [2.75, 3.05) is 7.05 Å². The molecule has 1 nitrogen and oxygen atoms in total. The highest BCUT2D eigenvalue weighted by atomic mass is 19.4. The number of rotatable bonds is 4. The van der Waals surface area contributed by atoms with Gasteiger partial charge in [0.2, 0.25) is 0 Å². The molecule has 5 heteroatoms. The Morgan fingerprint density at radius 3 is 2.48 bits per heavy atom. The fourth-order valence-electron chi connectivity index (χ4n) is 3.42. The van der Waals surface area contributed by atoms with E-state index in [1.165, 1.54) is 6.07 Å². The lowest BCUT2D eigenvalue weighted by molar-refractivity contribution is -0.199. The Bertz CT molecular complexity index is 458. The highest BCUT2D eigenvalue weighted by molar-refractivity contribution is 5.18. The van der Waals surface area contributed by atoms with Crippen molar-refractivity contribution in [2.45, 2.75) is 44.3 Å². The molecule has 3 unspecified atom stereocenters. The summed E-state index contributed by atoms with van der Waals surface area (Å²) in [6.07, 6.45) is -1.72. The van der Waals surface area contributed by atoms with Crippen molar-refractivity contribution in [1.29, 1.82) is 0 Å². The highest BCUT2D eigenvalue weighted by Gasteiger charge is 2.47. The first-order valence-electron chi connectivity index (χ1n) is 7.41. The van der Waals surface area contributed by atoms with E-state index in [4.69, 9.17) is 0 Å². The zero-order valence-electron chi connectivity index (χ0n) is 12.1. The zero-order valence-corrected chi connectivity index (χ0v) is 12.1. The van der Waals surface area contributed by atoms with Crippen LogP contribution in [0, 0.1) is 17.7 Å². The molecular weight excluding hydrogens is 282 g/mol. The Labute approximate surface area is 122 Å². The van der Waals surface area contributed by atoms with E-state index in [0.717, 1.165) is 6.42 Å². The second-order valence-corrected chi connectivity index (χ2v) is 5.79. The number of hydrogen-bond donors (Lipinski definition) is 1. The Morgan fingerprint density at radius 1 is 1.19 bits per heavy atom. The Morgan fingerprint density at radius 2 is 1.86 bits per heavy atom. The third kappa shape index (κ3) is 3.96. The molecule has 0 heterocycles. The first kappa shape index (κ1) is 16.3. The zero-order chi connectivity index (χ0) is 15.5. The molecule has 1 fully saturated rings. The van der Waals surface area contributed by atoms with E-state index in [1.807, 2.05) is 0 Å². The van der Waals surface area contributed by atoms with E-state index in [-0.39, 0.29) is 18.3 Å². The normalized spacial score (nSPS) is 24.8. The largest absolute Gasteiger partial charge is 0.392 e. The Hall–Kier alpha value is -1.10. The summed E-state index contributed by atoms with van der Waals surface area (Å²) in [6, 6.07) is 5.95. The van der Waals surface area contributed by atoms with Gasteiger partial charge < -0.3 is 5.32 Å². The van der Waals surface area contributed by atoms with Gasteiger partial charge in [0.25, 0.3) is 0 Å². The number of hydrogen-bond acceptors (Lipinski definition) is 1. The van der Waals surface area contributed by atoms with Crippen molar-refractivity contribution in [2.24, 2.45) is 11.8 Å². The van der Waals surface area contributed by atoms with Gasteiger partial charge in [0.15, 0.2) is 0 Å². The second-order valence-electron chi connectivity index (χ2n) is 5.79. The molecule has 1 aromatic carbocycles. The molecule has 3 atom stereocenters. The summed E-state index contributed by atoms with van der Waals surface area (Å²) in [5.41, 5.74) is 0.475. The molecule has 1 N–H and O–H groups in total. The molecule has 21 heavy (non-hydrogen) atoms. The number of halogens is 4. The number of likely N-dealkylation sites (N-methyl/N-ethyl adjacent to an activating group) is 1. The Kier molecular flexibility index (Phi) is 5.25. The molecule has 0 aliphatic heterocycles. The Balaban J connectivity index is 2.17. The van der Waals surface area contributed by atoms with E-state index in [1.54, 1.807) is 25.2 Å². The minimum atomic E-state index is -4.17. The molecular formula is C16H21F4N. The molecule has 118 valence electrons. The van der Waals surface area contributed by atoms with Crippen LogP contribution in [0.3, 0.4) is 0 Å². The molecule has 1 aliphatic carbocycles. The van der Waals surface area contributed by atoms with Crippen LogP contribution >= 0.6 is 0 Å². The van der Waals surface area contributed by atoms with Gasteiger partial charge in [-0.25, -0.2) is 4.39 Å². The lowest BCUT2D eigenvalue weighted by Crippen LogP contribution is -2.45. The number of benzene rings is 1. The van der Waals surface area contributed by atoms with Gasteiger partial charge >= 0.3 is 6.18 Å². The maximum Gasteiger partial charge on any atom is 0.392 e. The van der Waals surface area contributed by atoms with Gasteiger partial charge in [-0.2, -0.15) is 13.2 Å². The smallest absolute Gasteiger partial charge is 0.316 e. The van der Waals surface area contributed by atoms with Crippen molar-refractivity contribution in [3.8, 4) is 0 Å². The van der Waals surface area contributed by atoms with E-state index in [0.29, 0.717) is 24.8 Å². The molecule has 2 rings (SSSR count). The minimum Gasteiger partial charge on any atom is -0.316 e. The lowest BCUT2D eigenvalue weighted by Gasteiger charge is -2.38. The summed E-state index contributed by atoms with van der Waals surface area (Å²) >= 11 is 0. The van der Waals surface area contributed by atoms with Gasteiger partial charge in [0.1, 0.15) is 5.82 Å². The lowest BCUT2D eigenvalue weighted by atomic mass is 9.73. The molecule has 1 saturated carbocycles. The van der Waals surface area contributed by atoms with Crippen molar-refractivity contribution in [3.63, 3.8) is 0 Å². The van der Waals surface area contributed by atoms with Crippen LogP contribution in [0.15, 0.2) is 24.3 Å². The number of nitrogens with one attached hydrogen (secondary N) is 1. The van der Waals surface area contributed by atoms with Gasteiger partial charge in [0.05, 0.1) is 5.92 Å². The average Bonchev–Trinajstić information content (AvgIpc) is 2.45. The monoisotopic (exact) mass is 303 g/mol. The predicted octanol–water partition coefficient (Wildman–Crippen LogP) is 4.32.